The molecule has 0 unspecified atom stereocenters. The van der Waals surface area contributed by atoms with Crippen molar-refractivity contribution >= 4 is 11.7 Å². The predicted octanol–water partition coefficient (Wildman–Crippen LogP) is 1.82. The topological polar surface area (TPSA) is 56.1 Å². The lowest BCUT2D eigenvalue weighted by Crippen LogP contribution is -2.07. The van der Waals surface area contributed by atoms with E-state index in [0.717, 1.165) is 11.3 Å². The van der Waals surface area contributed by atoms with Crippen LogP contribution in [0.4, 0.5) is 5.69 Å². The Morgan fingerprint density at radius 1 is 1.44 bits per heavy atom. The first kappa shape index (κ1) is 12.2. The number of benzene rings is 1. The Balaban J connectivity index is 2.11. The Kier molecular flexibility index (Phi) is 3.62. The van der Waals surface area contributed by atoms with Gasteiger partial charge in [-0.2, -0.15) is 5.10 Å². The van der Waals surface area contributed by atoms with Gasteiger partial charge in [0.05, 0.1) is 18.9 Å². The van der Waals surface area contributed by atoms with Crippen molar-refractivity contribution in [3.05, 3.63) is 47.8 Å². The van der Waals surface area contributed by atoms with Gasteiger partial charge >= 0.3 is 5.97 Å². The molecule has 0 saturated heterocycles. The Morgan fingerprint density at radius 3 is 2.89 bits per heavy atom. The van der Waals surface area contributed by atoms with E-state index in [2.05, 4.69) is 10.4 Å². The third-order valence-electron chi connectivity index (χ3n) is 2.57. The number of aryl methyl sites for hydroxylation is 1. The molecule has 1 N–H and O–H groups in total. The Bertz CT molecular complexity index is 549. The minimum atomic E-state index is -0.343. The smallest absolute Gasteiger partial charge is 0.339 e. The molecule has 0 fully saturated rings. The molecule has 0 spiro atoms. The number of rotatable bonds is 4. The Morgan fingerprint density at radius 2 is 2.22 bits per heavy atom. The van der Waals surface area contributed by atoms with Crippen LogP contribution in [0.3, 0.4) is 0 Å². The molecule has 1 heterocycles. The van der Waals surface area contributed by atoms with E-state index in [1.54, 1.807) is 16.9 Å². The first-order chi connectivity index (χ1) is 8.70. The molecule has 2 rings (SSSR count). The normalized spacial score (nSPS) is 10.1. The molecule has 0 bridgehead atoms. The number of methoxy groups -OCH3 is 1. The number of nitrogens with one attached hydrogen (secondary N) is 1. The molecule has 2 aromatic rings. The summed E-state index contributed by atoms with van der Waals surface area (Å²) in [5, 5.41) is 7.29. The zero-order chi connectivity index (χ0) is 13.0. The van der Waals surface area contributed by atoms with Crippen molar-refractivity contribution in [1.29, 1.82) is 0 Å². The molecule has 0 saturated carbocycles. The number of nitrogens with zero attached hydrogens (tertiary/aromatic N) is 2. The molecule has 0 amide bonds. The molecule has 0 atom stereocenters. The molecular weight excluding hydrogens is 230 g/mol. The van der Waals surface area contributed by atoms with Crippen LogP contribution in [0.25, 0.3) is 0 Å². The van der Waals surface area contributed by atoms with Crippen LogP contribution in [0.1, 0.15) is 15.9 Å². The van der Waals surface area contributed by atoms with E-state index in [1.165, 1.54) is 7.11 Å². The van der Waals surface area contributed by atoms with Crippen LogP contribution in [0.5, 0.6) is 0 Å². The predicted molar refractivity (Wildman–Crippen MR) is 68.3 cm³/mol. The number of anilines is 1. The van der Waals surface area contributed by atoms with Crippen LogP contribution in [0, 0.1) is 0 Å². The number of hydrogen-bond acceptors (Lipinski definition) is 4. The number of carbonyl (C=O) groups excluding carboxylic acids is 1. The minimum absolute atomic E-state index is 0.343. The van der Waals surface area contributed by atoms with Gasteiger partial charge in [-0.15, -0.1) is 0 Å². The highest BCUT2D eigenvalue weighted by atomic mass is 16.5. The molecule has 1 aromatic heterocycles. The summed E-state index contributed by atoms with van der Waals surface area (Å²) in [6.07, 6.45) is 3.71. The van der Waals surface area contributed by atoms with Crippen LogP contribution in [-0.2, 0) is 18.3 Å². The van der Waals surface area contributed by atoms with Crippen LogP contribution in [-0.4, -0.2) is 22.9 Å². The number of carbonyl (C=O) groups is 1. The second-order valence-electron chi connectivity index (χ2n) is 3.91. The molecule has 0 aliphatic heterocycles. The highest BCUT2D eigenvalue weighted by Gasteiger charge is 2.10. The standard InChI is InChI=1S/C13H15N3O2/c1-16-9-10(8-15-16)7-14-12-6-4-3-5-11(12)13(17)18-2/h3-6,8-9,14H,7H2,1-2H3. The summed E-state index contributed by atoms with van der Waals surface area (Å²) in [6.45, 7) is 0.613. The van der Waals surface area contributed by atoms with Gasteiger partial charge in [0.15, 0.2) is 0 Å². The van der Waals surface area contributed by atoms with Gasteiger partial charge in [-0.3, -0.25) is 4.68 Å². The summed E-state index contributed by atoms with van der Waals surface area (Å²) in [7, 11) is 3.24. The molecule has 5 nitrogen and oxygen atoms in total. The van der Waals surface area contributed by atoms with E-state index >= 15 is 0 Å². The Labute approximate surface area is 105 Å². The maximum Gasteiger partial charge on any atom is 0.339 e. The highest BCUT2D eigenvalue weighted by molar-refractivity contribution is 5.95. The first-order valence-electron chi connectivity index (χ1n) is 5.59. The van der Waals surface area contributed by atoms with Crippen LogP contribution >= 0.6 is 0 Å². The Hall–Kier alpha value is -2.30. The van der Waals surface area contributed by atoms with Gasteiger partial charge in [-0.05, 0) is 12.1 Å². The fraction of sp³-hybridized carbons (Fsp3) is 0.231. The fourth-order valence-electron chi connectivity index (χ4n) is 1.69. The van der Waals surface area contributed by atoms with E-state index in [9.17, 15) is 4.79 Å². The lowest BCUT2D eigenvalue weighted by molar-refractivity contribution is 0.0602. The van der Waals surface area contributed by atoms with Gasteiger partial charge in [0.2, 0.25) is 0 Å². The van der Waals surface area contributed by atoms with Crippen molar-refractivity contribution < 1.29 is 9.53 Å². The van der Waals surface area contributed by atoms with Crippen molar-refractivity contribution in [2.75, 3.05) is 12.4 Å². The van der Waals surface area contributed by atoms with Crippen molar-refractivity contribution in [3.63, 3.8) is 0 Å². The number of ether oxygens (including phenoxy) is 1. The van der Waals surface area contributed by atoms with Crippen molar-refractivity contribution in [2.24, 2.45) is 7.05 Å². The lowest BCUT2D eigenvalue weighted by atomic mass is 10.1. The molecule has 1 aromatic carbocycles. The van der Waals surface area contributed by atoms with Crippen molar-refractivity contribution in [1.82, 2.24) is 9.78 Å². The zero-order valence-corrected chi connectivity index (χ0v) is 10.4. The molecule has 0 radical (unpaired) electrons. The average molecular weight is 245 g/mol. The second-order valence-corrected chi connectivity index (χ2v) is 3.91. The summed E-state index contributed by atoms with van der Waals surface area (Å²) in [5.74, 6) is -0.343. The van der Waals surface area contributed by atoms with E-state index in [1.807, 2.05) is 31.4 Å². The molecular formula is C13H15N3O2. The van der Waals surface area contributed by atoms with Gasteiger partial charge in [0.1, 0.15) is 0 Å². The molecule has 18 heavy (non-hydrogen) atoms. The number of hydrogen-bond donors (Lipinski definition) is 1. The van der Waals surface area contributed by atoms with E-state index in [-0.39, 0.29) is 5.97 Å². The van der Waals surface area contributed by atoms with Gasteiger partial charge in [-0.1, -0.05) is 12.1 Å². The fourth-order valence-corrected chi connectivity index (χ4v) is 1.69. The molecule has 0 aliphatic rings. The van der Waals surface area contributed by atoms with Gasteiger partial charge in [0.25, 0.3) is 0 Å². The number of aromatic nitrogens is 2. The quantitative estimate of drug-likeness (QED) is 0.835. The van der Waals surface area contributed by atoms with Gasteiger partial charge in [-0.25, -0.2) is 4.79 Å². The summed E-state index contributed by atoms with van der Waals surface area (Å²) in [6, 6.07) is 7.26. The zero-order valence-electron chi connectivity index (χ0n) is 10.4. The SMILES string of the molecule is COC(=O)c1ccccc1NCc1cnn(C)c1. The first-order valence-corrected chi connectivity index (χ1v) is 5.59. The third-order valence-corrected chi connectivity index (χ3v) is 2.57. The third kappa shape index (κ3) is 2.68. The van der Waals surface area contributed by atoms with Crippen LogP contribution in [0.15, 0.2) is 36.7 Å². The average Bonchev–Trinajstić information content (AvgIpc) is 2.81. The van der Waals surface area contributed by atoms with E-state index in [4.69, 9.17) is 4.74 Å². The van der Waals surface area contributed by atoms with Gasteiger partial charge < -0.3 is 10.1 Å². The molecule has 94 valence electrons. The highest BCUT2D eigenvalue weighted by Crippen LogP contribution is 2.16. The van der Waals surface area contributed by atoms with Crippen LogP contribution in [0.2, 0.25) is 0 Å². The largest absolute Gasteiger partial charge is 0.465 e. The second kappa shape index (κ2) is 5.35. The van der Waals surface area contributed by atoms with Crippen molar-refractivity contribution in [3.8, 4) is 0 Å². The molecule has 5 heteroatoms. The summed E-state index contributed by atoms with van der Waals surface area (Å²) in [5.41, 5.74) is 2.34. The van der Waals surface area contributed by atoms with E-state index < -0.39 is 0 Å². The van der Waals surface area contributed by atoms with Crippen LogP contribution < -0.4 is 5.32 Å². The number of esters is 1. The summed E-state index contributed by atoms with van der Waals surface area (Å²) >= 11 is 0. The maximum absolute atomic E-state index is 11.6. The van der Waals surface area contributed by atoms with E-state index in [0.29, 0.717) is 12.1 Å². The monoisotopic (exact) mass is 245 g/mol. The summed E-state index contributed by atoms with van der Waals surface area (Å²) in [4.78, 5) is 11.6. The maximum atomic E-state index is 11.6. The number of para-hydroxylation sites is 1. The molecule has 0 aliphatic carbocycles. The van der Waals surface area contributed by atoms with Crippen molar-refractivity contribution in [2.45, 2.75) is 6.54 Å². The van der Waals surface area contributed by atoms with Gasteiger partial charge in [0, 0.05) is 31.0 Å². The minimum Gasteiger partial charge on any atom is -0.465 e. The lowest BCUT2D eigenvalue weighted by Gasteiger charge is -2.09. The summed E-state index contributed by atoms with van der Waals surface area (Å²) < 4.78 is 6.48.